The molecule has 7 nitrogen and oxygen atoms in total. The number of carbonyl (C=O) groups excluding carboxylic acids is 1. The molecule has 0 radical (unpaired) electrons. The topological polar surface area (TPSA) is 87.0 Å². The van der Waals surface area contributed by atoms with Crippen LogP contribution in [0, 0.1) is 5.92 Å². The number of rotatable bonds is 5. The first-order valence-electron chi connectivity index (χ1n) is 7.65. The molecule has 2 saturated heterocycles. The first-order chi connectivity index (χ1) is 9.89. The summed E-state index contributed by atoms with van der Waals surface area (Å²) in [7, 11) is -3.31. The van der Waals surface area contributed by atoms with Gasteiger partial charge in [-0.05, 0) is 18.8 Å². The van der Waals surface area contributed by atoms with Crippen molar-refractivity contribution < 1.29 is 13.2 Å². The average molecular weight is 318 g/mol. The number of piperidine rings is 1. The molecular formula is C13H26N4O3S. The molecular weight excluding hydrogens is 292 g/mol. The van der Waals surface area contributed by atoms with Gasteiger partial charge >= 0.3 is 0 Å². The zero-order valence-electron chi connectivity index (χ0n) is 12.7. The Morgan fingerprint density at radius 3 is 2.10 bits per heavy atom. The molecule has 0 spiro atoms. The van der Waals surface area contributed by atoms with Gasteiger partial charge in [0.05, 0.1) is 0 Å². The van der Waals surface area contributed by atoms with Crippen LogP contribution in [0.25, 0.3) is 0 Å². The van der Waals surface area contributed by atoms with E-state index < -0.39 is 10.2 Å². The predicted molar refractivity (Wildman–Crippen MR) is 80.7 cm³/mol. The van der Waals surface area contributed by atoms with E-state index in [1.807, 2.05) is 0 Å². The maximum absolute atomic E-state index is 12.6. The Kier molecular flexibility index (Phi) is 5.59. The van der Waals surface area contributed by atoms with Crippen LogP contribution in [0.2, 0.25) is 0 Å². The number of nitrogens with two attached hydrogens (primary N) is 1. The lowest BCUT2D eigenvalue weighted by Gasteiger charge is -2.38. The highest BCUT2D eigenvalue weighted by Gasteiger charge is 2.33. The molecule has 0 aromatic heterocycles. The lowest BCUT2D eigenvalue weighted by Crippen LogP contribution is -2.54. The largest absolute Gasteiger partial charge is 0.370 e. The Bertz CT molecular complexity index is 452. The van der Waals surface area contributed by atoms with E-state index in [-0.39, 0.29) is 5.91 Å². The van der Waals surface area contributed by atoms with Gasteiger partial charge in [-0.2, -0.15) is 17.0 Å². The maximum atomic E-state index is 12.6. The fourth-order valence-electron chi connectivity index (χ4n) is 2.83. The maximum Gasteiger partial charge on any atom is 0.282 e. The summed E-state index contributed by atoms with van der Waals surface area (Å²) >= 11 is 0. The van der Waals surface area contributed by atoms with Gasteiger partial charge in [0, 0.05) is 52.2 Å². The van der Waals surface area contributed by atoms with Gasteiger partial charge in [-0.25, -0.2) is 0 Å². The molecule has 0 aromatic carbocycles. The summed E-state index contributed by atoms with van der Waals surface area (Å²) in [5, 5.41) is 0. The lowest BCUT2D eigenvalue weighted by molar-refractivity contribution is -0.118. The summed E-state index contributed by atoms with van der Waals surface area (Å²) in [4.78, 5) is 12.9. The third kappa shape index (κ3) is 4.38. The molecule has 2 heterocycles. The van der Waals surface area contributed by atoms with Crippen LogP contribution in [0.4, 0.5) is 0 Å². The molecule has 0 aliphatic carbocycles. The molecule has 21 heavy (non-hydrogen) atoms. The highest BCUT2D eigenvalue weighted by atomic mass is 32.2. The molecule has 2 N–H and O–H groups in total. The van der Waals surface area contributed by atoms with E-state index in [0.29, 0.717) is 58.2 Å². The monoisotopic (exact) mass is 318 g/mol. The molecule has 0 atom stereocenters. The van der Waals surface area contributed by atoms with Gasteiger partial charge in [0.2, 0.25) is 5.91 Å². The molecule has 1 amide bonds. The van der Waals surface area contributed by atoms with Crippen LogP contribution >= 0.6 is 0 Å². The van der Waals surface area contributed by atoms with Crippen molar-refractivity contribution in [3.8, 4) is 0 Å². The SMILES string of the molecule is CC1CCN(S(=O)(=O)N2CCN(CCC(N)=O)CC2)CC1. The molecule has 0 unspecified atom stereocenters. The summed E-state index contributed by atoms with van der Waals surface area (Å²) in [5.74, 6) is 0.301. The van der Waals surface area contributed by atoms with Gasteiger partial charge in [0.25, 0.3) is 10.2 Å². The Hall–Kier alpha value is -0.700. The second-order valence-electron chi connectivity index (χ2n) is 6.05. The van der Waals surface area contributed by atoms with Gasteiger partial charge in [-0.1, -0.05) is 6.92 Å². The van der Waals surface area contributed by atoms with Gasteiger partial charge < -0.3 is 10.6 Å². The van der Waals surface area contributed by atoms with E-state index in [1.54, 1.807) is 8.61 Å². The van der Waals surface area contributed by atoms with Crippen molar-refractivity contribution in [2.24, 2.45) is 11.7 Å². The lowest BCUT2D eigenvalue weighted by atomic mass is 10.0. The highest BCUT2D eigenvalue weighted by Crippen LogP contribution is 2.21. The van der Waals surface area contributed by atoms with Crippen LogP contribution < -0.4 is 5.73 Å². The number of hydrogen-bond acceptors (Lipinski definition) is 4. The van der Waals surface area contributed by atoms with Crippen LogP contribution in [0.15, 0.2) is 0 Å². The van der Waals surface area contributed by atoms with E-state index in [0.717, 1.165) is 12.8 Å². The molecule has 0 bridgehead atoms. The first kappa shape index (κ1) is 16.7. The number of carbonyl (C=O) groups is 1. The van der Waals surface area contributed by atoms with E-state index >= 15 is 0 Å². The van der Waals surface area contributed by atoms with Crippen LogP contribution in [-0.2, 0) is 15.0 Å². The Labute approximate surface area is 127 Å². The molecule has 0 saturated carbocycles. The summed E-state index contributed by atoms with van der Waals surface area (Å²) in [6.45, 7) is 6.36. The minimum Gasteiger partial charge on any atom is -0.370 e. The van der Waals surface area contributed by atoms with Crippen LogP contribution in [-0.4, -0.2) is 73.6 Å². The number of primary amides is 1. The predicted octanol–water partition coefficient (Wildman–Crippen LogP) is -0.544. The van der Waals surface area contributed by atoms with Crippen molar-refractivity contribution in [3.05, 3.63) is 0 Å². The second-order valence-corrected chi connectivity index (χ2v) is 7.97. The van der Waals surface area contributed by atoms with Crippen molar-refractivity contribution >= 4 is 16.1 Å². The van der Waals surface area contributed by atoms with Crippen molar-refractivity contribution in [1.29, 1.82) is 0 Å². The van der Waals surface area contributed by atoms with Crippen molar-refractivity contribution in [2.75, 3.05) is 45.8 Å². The number of amides is 1. The Morgan fingerprint density at radius 1 is 1.05 bits per heavy atom. The molecule has 8 heteroatoms. The Balaban J connectivity index is 1.84. The first-order valence-corrected chi connectivity index (χ1v) is 9.05. The fourth-order valence-corrected chi connectivity index (χ4v) is 4.45. The van der Waals surface area contributed by atoms with E-state index in [9.17, 15) is 13.2 Å². The average Bonchev–Trinajstić information content (AvgIpc) is 2.46. The Morgan fingerprint density at radius 2 is 1.57 bits per heavy atom. The molecule has 0 aromatic rings. The molecule has 122 valence electrons. The van der Waals surface area contributed by atoms with E-state index in [2.05, 4.69) is 11.8 Å². The quantitative estimate of drug-likeness (QED) is 0.737. The zero-order chi connectivity index (χ0) is 15.5. The fraction of sp³-hybridized carbons (Fsp3) is 0.923. The minimum atomic E-state index is -3.31. The van der Waals surface area contributed by atoms with Gasteiger partial charge in [-0.3, -0.25) is 4.79 Å². The number of piperazine rings is 1. The van der Waals surface area contributed by atoms with E-state index in [4.69, 9.17) is 5.73 Å². The molecule has 2 fully saturated rings. The van der Waals surface area contributed by atoms with Crippen molar-refractivity contribution in [1.82, 2.24) is 13.5 Å². The third-order valence-electron chi connectivity index (χ3n) is 4.40. The summed E-state index contributed by atoms with van der Waals surface area (Å²) in [5.41, 5.74) is 5.14. The number of hydrogen-bond donors (Lipinski definition) is 1. The van der Waals surface area contributed by atoms with Gasteiger partial charge in [0.15, 0.2) is 0 Å². The minimum absolute atomic E-state index is 0.313. The summed E-state index contributed by atoms with van der Waals surface area (Å²) in [6.07, 6.45) is 2.21. The molecule has 2 aliphatic heterocycles. The van der Waals surface area contributed by atoms with Gasteiger partial charge in [-0.15, -0.1) is 0 Å². The van der Waals surface area contributed by atoms with Gasteiger partial charge in [0.1, 0.15) is 0 Å². The summed E-state index contributed by atoms with van der Waals surface area (Å²) < 4.78 is 28.3. The second kappa shape index (κ2) is 7.04. The van der Waals surface area contributed by atoms with Crippen LogP contribution in [0.1, 0.15) is 26.2 Å². The molecule has 2 rings (SSSR count). The standard InChI is InChI=1S/C13H26N4O3S/c1-12-2-6-16(7-3-12)21(19,20)17-10-8-15(9-11-17)5-4-13(14)18/h12H,2-11H2,1H3,(H2,14,18). The van der Waals surface area contributed by atoms with Crippen LogP contribution in [0.3, 0.4) is 0 Å². The third-order valence-corrected chi connectivity index (χ3v) is 6.44. The van der Waals surface area contributed by atoms with Crippen molar-refractivity contribution in [3.63, 3.8) is 0 Å². The number of nitrogens with zero attached hydrogens (tertiary/aromatic N) is 3. The van der Waals surface area contributed by atoms with Crippen LogP contribution in [0.5, 0.6) is 0 Å². The normalized spacial score (nSPS) is 24.2. The van der Waals surface area contributed by atoms with E-state index in [1.165, 1.54) is 0 Å². The highest BCUT2D eigenvalue weighted by molar-refractivity contribution is 7.86. The smallest absolute Gasteiger partial charge is 0.282 e. The zero-order valence-corrected chi connectivity index (χ0v) is 13.5. The van der Waals surface area contributed by atoms with Crippen molar-refractivity contribution in [2.45, 2.75) is 26.2 Å². The summed E-state index contributed by atoms with van der Waals surface area (Å²) in [6, 6.07) is 0. The molecule has 2 aliphatic rings.